The number of carboxylic acids is 1. The molecule has 0 aromatic carbocycles. The first-order chi connectivity index (χ1) is 11.3. The van der Waals surface area contributed by atoms with Gasteiger partial charge in [0.25, 0.3) is 0 Å². The molecule has 0 spiro atoms. The van der Waals surface area contributed by atoms with E-state index < -0.39 is 30.5 Å². The quantitative estimate of drug-likeness (QED) is 0.305. The lowest BCUT2D eigenvalue weighted by molar-refractivity contribution is -0.138. The van der Waals surface area contributed by atoms with Crippen LogP contribution in [0.25, 0.3) is 0 Å². The fourth-order valence-electron chi connectivity index (χ4n) is 2.02. The Kier molecular flexibility index (Phi) is 8.02. The lowest BCUT2D eigenvalue weighted by atomic mass is 10.1. The molecule has 24 heavy (non-hydrogen) atoms. The maximum absolute atomic E-state index is 12.1. The zero-order chi connectivity index (χ0) is 18.1. The molecular formula is C14H24N6O4. The third-order valence-electron chi connectivity index (χ3n) is 3.36. The summed E-state index contributed by atoms with van der Waals surface area (Å²) in [4.78, 5) is 38.2. The predicted octanol–water partition coefficient (Wildman–Crippen LogP) is -1.95. The second-order valence-corrected chi connectivity index (χ2v) is 5.42. The molecule has 1 aromatic rings. The lowest BCUT2D eigenvalue weighted by Crippen LogP contribution is -2.43. The summed E-state index contributed by atoms with van der Waals surface area (Å²) in [6, 6.07) is -1.60. The summed E-state index contributed by atoms with van der Waals surface area (Å²) in [5, 5.41) is 10.7. The van der Waals surface area contributed by atoms with Gasteiger partial charge in [0.15, 0.2) is 0 Å². The van der Waals surface area contributed by atoms with Crippen molar-refractivity contribution < 1.29 is 19.5 Å². The lowest BCUT2D eigenvalue weighted by Gasteiger charge is -2.10. The third-order valence-corrected chi connectivity index (χ3v) is 3.36. The normalized spacial score (nSPS) is 13.3. The molecule has 1 unspecified atom stereocenters. The van der Waals surface area contributed by atoms with Gasteiger partial charge < -0.3 is 27.6 Å². The number of aliphatic carboxylic acids is 1. The van der Waals surface area contributed by atoms with Gasteiger partial charge in [-0.15, -0.1) is 0 Å². The highest BCUT2D eigenvalue weighted by molar-refractivity contribution is 5.85. The number of amides is 1. The second-order valence-electron chi connectivity index (χ2n) is 5.42. The largest absolute Gasteiger partial charge is 0.480 e. The number of hydrogen-bond acceptors (Lipinski definition) is 7. The van der Waals surface area contributed by atoms with Gasteiger partial charge in [0.1, 0.15) is 12.9 Å². The Morgan fingerprint density at radius 3 is 2.58 bits per heavy atom. The van der Waals surface area contributed by atoms with E-state index in [1.807, 2.05) is 0 Å². The summed E-state index contributed by atoms with van der Waals surface area (Å²) < 4.78 is 1.27. The molecule has 0 aliphatic carbocycles. The van der Waals surface area contributed by atoms with Crippen molar-refractivity contribution in [3.05, 3.63) is 18.2 Å². The van der Waals surface area contributed by atoms with Crippen LogP contribution in [-0.4, -0.2) is 57.6 Å². The van der Waals surface area contributed by atoms with E-state index in [1.165, 1.54) is 17.1 Å². The van der Waals surface area contributed by atoms with Crippen LogP contribution in [0.2, 0.25) is 0 Å². The van der Waals surface area contributed by atoms with Crippen LogP contribution in [-0.2, 0) is 16.0 Å². The van der Waals surface area contributed by atoms with Crippen molar-refractivity contribution >= 4 is 17.8 Å². The molecule has 0 fully saturated rings. The summed E-state index contributed by atoms with van der Waals surface area (Å²) in [6.45, 7) is 0.0507. The van der Waals surface area contributed by atoms with Crippen molar-refractivity contribution in [2.24, 2.45) is 17.2 Å². The van der Waals surface area contributed by atoms with Crippen molar-refractivity contribution in [2.45, 2.75) is 37.8 Å². The maximum Gasteiger partial charge on any atom is 0.322 e. The van der Waals surface area contributed by atoms with Gasteiger partial charge in [-0.25, -0.2) is 4.98 Å². The highest BCUT2D eigenvalue weighted by Crippen LogP contribution is 2.05. The van der Waals surface area contributed by atoms with Gasteiger partial charge in [0.2, 0.25) is 11.8 Å². The Morgan fingerprint density at radius 1 is 1.25 bits per heavy atom. The standard InChI is InChI=1S/C14H24N6O4/c15-4-2-1-3-10(16)14(24)20-7-9(19-8-20)5-11(17)13(23)18-6-12(21)22/h7-8,10-11H,1-6,15-17H2,(H,18,23)(H,21,22)/t10?,11-/m0/s1. The van der Waals surface area contributed by atoms with Gasteiger partial charge in [0, 0.05) is 12.6 Å². The highest BCUT2D eigenvalue weighted by atomic mass is 16.4. The zero-order valence-corrected chi connectivity index (χ0v) is 13.4. The number of rotatable bonds is 10. The molecular weight excluding hydrogens is 316 g/mol. The number of hydrogen-bond donors (Lipinski definition) is 5. The molecule has 10 nitrogen and oxygen atoms in total. The van der Waals surface area contributed by atoms with Crippen LogP contribution >= 0.6 is 0 Å². The number of nitrogens with one attached hydrogen (secondary N) is 1. The molecule has 2 atom stereocenters. The Bertz CT molecular complexity index is 573. The smallest absolute Gasteiger partial charge is 0.322 e. The molecule has 134 valence electrons. The van der Waals surface area contributed by atoms with Crippen LogP contribution in [0.4, 0.5) is 0 Å². The van der Waals surface area contributed by atoms with E-state index in [4.69, 9.17) is 22.3 Å². The molecule has 0 saturated heterocycles. The van der Waals surface area contributed by atoms with Crippen LogP contribution in [0.15, 0.2) is 12.5 Å². The van der Waals surface area contributed by atoms with Gasteiger partial charge in [-0.1, -0.05) is 6.42 Å². The summed E-state index contributed by atoms with van der Waals surface area (Å²) >= 11 is 0. The molecule has 0 saturated carbocycles. The second kappa shape index (κ2) is 9.75. The maximum atomic E-state index is 12.1. The third kappa shape index (κ3) is 6.44. The Labute approximate surface area is 139 Å². The number of imidazole rings is 1. The summed E-state index contributed by atoms with van der Waals surface area (Å²) in [5.74, 6) is -2.06. The van der Waals surface area contributed by atoms with E-state index in [-0.39, 0.29) is 12.3 Å². The molecule has 0 aliphatic rings. The first-order valence-electron chi connectivity index (χ1n) is 7.63. The van der Waals surface area contributed by atoms with E-state index in [2.05, 4.69) is 10.3 Å². The number of unbranched alkanes of at least 4 members (excludes halogenated alkanes) is 1. The summed E-state index contributed by atoms with van der Waals surface area (Å²) in [7, 11) is 0. The van der Waals surface area contributed by atoms with Crippen LogP contribution in [0.3, 0.4) is 0 Å². The van der Waals surface area contributed by atoms with Crippen molar-refractivity contribution in [2.75, 3.05) is 13.1 Å². The molecule has 1 amide bonds. The number of nitrogens with two attached hydrogens (primary N) is 3. The topological polar surface area (TPSA) is 179 Å². The minimum absolute atomic E-state index is 0.0775. The molecule has 1 aromatic heterocycles. The molecule has 0 aliphatic heterocycles. The Balaban J connectivity index is 2.54. The van der Waals surface area contributed by atoms with E-state index in [9.17, 15) is 14.4 Å². The number of nitrogens with zero attached hydrogens (tertiary/aromatic N) is 2. The van der Waals surface area contributed by atoms with Gasteiger partial charge in [-0.2, -0.15) is 0 Å². The monoisotopic (exact) mass is 340 g/mol. The van der Waals surface area contributed by atoms with E-state index in [1.54, 1.807) is 0 Å². The summed E-state index contributed by atoms with van der Waals surface area (Å²) in [5.41, 5.74) is 17.4. The minimum atomic E-state index is -1.16. The fraction of sp³-hybridized carbons (Fsp3) is 0.571. The SMILES string of the molecule is NCCCCC(N)C(=O)n1cnc(C[C@H](N)C(=O)NCC(=O)O)c1. The van der Waals surface area contributed by atoms with Gasteiger partial charge in [-0.05, 0) is 19.4 Å². The molecule has 10 heteroatoms. The van der Waals surface area contributed by atoms with E-state index >= 15 is 0 Å². The number of carboxylic acid groups (broad SMARTS) is 1. The van der Waals surface area contributed by atoms with Gasteiger partial charge in [-0.3, -0.25) is 19.0 Å². The highest BCUT2D eigenvalue weighted by Gasteiger charge is 2.19. The minimum Gasteiger partial charge on any atom is -0.480 e. The van der Waals surface area contributed by atoms with Crippen molar-refractivity contribution in [3.8, 4) is 0 Å². The average molecular weight is 340 g/mol. The summed E-state index contributed by atoms with van der Waals surface area (Å²) in [6.07, 6.45) is 4.96. The van der Waals surface area contributed by atoms with Crippen LogP contribution in [0, 0.1) is 0 Å². The van der Waals surface area contributed by atoms with Gasteiger partial charge >= 0.3 is 5.97 Å². The Morgan fingerprint density at radius 2 is 1.96 bits per heavy atom. The van der Waals surface area contributed by atoms with Crippen molar-refractivity contribution in [3.63, 3.8) is 0 Å². The van der Waals surface area contributed by atoms with E-state index in [0.29, 0.717) is 18.7 Å². The molecule has 0 bridgehead atoms. The number of aromatic nitrogens is 2. The molecule has 1 rings (SSSR count). The van der Waals surface area contributed by atoms with E-state index in [0.717, 1.165) is 12.8 Å². The zero-order valence-electron chi connectivity index (χ0n) is 13.4. The van der Waals surface area contributed by atoms with Crippen LogP contribution in [0.5, 0.6) is 0 Å². The Hall–Kier alpha value is -2.30. The average Bonchev–Trinajstić information content (AvgIpc) is 3.00. The first kappa shape index (κ1) is 19.7. The fourth-order valence-corrected chi connectivity index (χ4v) is 2.02. The van der Waals surface area contributed by atoms with Gasteiger partial charge in [0.05, 0.1) is 17.8 Å². The number of carbonyl (C=O) groups is 3. The number of carbonyl (C=O) groups excluding carboxylic acids is 2. The predicted molar refractivity (Wildman–Crippen MR) is 86.1 cm³/mol. The van der Waals surface area contributed by atoms with Crippen molar-refractivity contribution in [1.82, 2.24) is 14.9 Å². The first-order valence-corrected chi connectivity index (χ1v) is 7.63. The van der Waals surface area contributed by atoms with Crippen LogP contribution in [0.1, 0.15) is 29.8 Å². The van der Waals surface area contributed by atoms with Crippen molar-refractivity contribution in [1.29, 1.82) is 0 Å². The molecule has 1 heterocycles. The molecule has 0 radical (unpaired) electrons. The van der Waals surface area contributed by atoms with Crippen LogP contribution < -0.4 is 22.5 Å². The molecule has 8 N–H and O–H groups in total.